The standard InChI is InChI=1S/C104H76/c1-101(2,3)97-57-33-73(34-58-97)21-25-77-29-41-81-45-49-89-69-94-55-56-96-72-92-52-48-84-44-32-80(28-24-76-39-63-100(64-40-76)104(10,11)12)68-88(84)20-16-15-19-87-67-79(27-23-75-37-61-99(62-38-75)103(7,8)9)31-43-83(87)47-51-90(94)70-93(89)53-54-95(92)71-91(96)50-46-82-42-30-78(66-86(82)18-14-13-17-85(81)65-77)26-22-74-35-59-98(60-36-74)102(4,5)6/h29-44,57-72H,53-56H2,1-12H3. The molecule has 104 heavy (non-hydrogen) atoms. The van der Waals surface area contributed by atoms with Crippen LogP contribution in [-0.4, -0.2) is 0 Å². The molecule has 492 valence electrons. The first-order valence-electron chi connectivity index (χ1n) is 35.5. The number of hydrogen-bond donors (Lipinski definition) is 0. The minimum absolute atomic E-state index is 0.0332. The Hall–Kier alpha value is -13.1. The van der Waals surface area contributed by atoms with Crippen LogP contribution in [0.25, 0.3) is 0 Å². The lowest BCUT2D eigenvalue weighted by molar-refractivity contribution is 0.590. The molecule has 0 N–H and O–H groups in total. The zero-order valence-electron chi connectivity index (χ0n) is 61.3. The molecule has 0 unspecified atom stereocenters. The van der Waals surface area contributed by atoms with Crippen LogP contribution >= 0.6 is 0 Å². The molecule has 0 heterocycles. The second-order valence-electron chi connectivity index (χ2n) is 30.7. The van der Waals surface area contributed by atoms with Crippen molar-refractivity contribution in [1.82, 2.24) is 0 Å². The summed E-state index contributed by atoms with van der Waals surface area (Å²) in [6.45, 7) is 26.6. The summed E-state index contributed by atoms with van der Waals surface area (Å²) in [7, 11) is 0. The minimum atomic E-state index is 0.0332. The Kier molecular flexibility index (Phi) is 19.8. The van der Waals surface area contributed by atoms with Crippen LogP contribution in [0.15, 0.2) is 194 Å². The first kappa shape index (κ1) is 69.4. The highest BCUT2D eigenvalue weighted by atomic mass is 14.2. The van der Waals surface area contributed by atoms with Crippen molar-refractivity contribution >= 4 is 0 Å². The van der Waals surface area contributed by atoms with E-state index in [4.69, 9.17) is 0 Å². The molecule has 8 bridgehead atoms. The molecule has 0 radical (unpaired) electrons. The largest absolute Gasteiger partial charge is 0.0617 e. The third-order valence-corrected chi connectivity index (χ3v) is 18.7. The van der Waals surface area contributed by atoms with Crippen molar-refractivity contribution in [2.75, 3.05) is 0 Å². The molecule has 10 aromatic rings. The van der Waals surface area contributed by atoms with Gasteiger partial charge < -0.3 is 0 Å². The number of aryl methyl sites for hydroxylation is 4. The first-order valence-corrected chi connectivity index (χ1v) is 35.5. The molecule has 0 nitrogen and oxygen atoms in total. The van der Waals surface area contributed by atoms with E-state index in [1.54, 1.807) is 0 Å². The molecule has 10 aromatic carbocycles. The van der Waals surface area contributed by atoms with Gasteiger partial charge in [0.2, 0.25) is 0 Å². The number of benzene rings is 10. The lowest BCUT2D eigenvalue weighted by Crippen LogP contribution is -2.10. The van der Waals surface area contributed by atoms with Gasteiger partial charge in [0, 0.05) is 111 Å². The summed E-state index contributed by atoms with van der Waals surface area (Å²) in [6.07, 6.45) is 2.52. The summed E-state index contributed by atoms with van der Waals surface area (Å²) < 4.78 is 0. The molecule has 18 rings (SSSR count). The Morgan fingerprint density at radius 2 is 0.356 bits per heavy atom. The monoisotopic (exact) mass is 1320 g/mol. The van der Waals surface area contributed by atoms with Crippen molar-refractivity contribution in [1.29, 1.82) is 0 Å². The Morgan fingerprint density at radius 3 is 0.548 bits per heavy atom. The van der Waals surface area contributed by atoms with Crippen molar-refractivity contribution in [3.63, 3.8) is 0 Å². The number of rotatable bonds is 0. The maximum atomic E-state index is 3.70. The summed E-state index contributed by atoms with van der Waals surface area (Å²) in [5, 5.41) is 0. The van der Waals surface area contributed by atoms with Crippen LogP contribution in [-0.2, 0) is 47.3 Å². The van der Waals surface area contributed by atoms with E-state index in [0.717, 1.165) is 134 Å². The second kappa shape index (κ2) is 29.6. The van der Waals surface area contributed by atoms with E-state index < -0.39 is 0 Å². The van der Waals surface area contributed by atoms with Crippen LogP contribution in [0.3, 0.4) is 0 Å². The topological polar surface area (TPSA) is 0 Å². The Morgan fingerprint density at radius 1 is 0.183 bits per heavy atom. The quantitative estimate of drug-likeness (QED) is 0.133. The molecule has 0 spiro atoms. The summed E-state index contributed by atoms with van der Waals surface area (Å²) in [4.78, 5) is 0. The van der Waals surface area contributed by atoms with Crippen LogP contribution < -0.4 is 0 Å². The molecule has 0 atom stereocenters. The normalized spacial score (nSPS) is 12.0. The maximum Gasteiger partial charge on any atom is 0.0424 e. The van der Waals surface area contributed by atoms with Crippen LogP contribution in [0.5, 0.6) is 0 Å². The van der Waals surface area contributed by atoms with E-state index in [1.807, 2.05) is 72.8 Å². The first-order chi connectivity index (χ1) is 49.9. The van der Waals surface area contributed by atoms with E-state index >= 15 is 0 Å². The summed E-state index contributed by atoms with van der Waals surface area (Å²) in [5.74, 6) is 83.2. The van der Waals surface area contributed by atoms with Crippen LogP contribution in [0.4, 0.5) is 0 Å². The van der Waals surface area contributed by atoms with Gasteiger partial charge in [0.25, 0.3) is 0 Å². The predicted molar refractivity (Wildman–Crippen MR) is 429 cm³/mol. The van der Waals surface area contributed by atoms with Crippen LogP contribution in [0, 0.1) is 142 Å². The Balaban J connectivity index is 0.987. The molecule has 0 fully saturated rings. The zero-order chi connectivity index (χ0) is 72.6. The van der Waals surface area contributed by atoms with Gasteiger partial charge in [-0.1, -0.05) is 250 Å². The van der Waals surface area contributed by atoms with E-state index in [-0.39, 0.29) is 21.7 Å². The Labute approximate surface area is 618 Å². The summed E-state index contributed by atoms with van der Waals surface area (Å²) >= 11 is 0. The predicted octanol–water partition coefficient (Wildman–Crippen LogP) is 19.4. The van der Waals surface area contributed by atoms with E-state index in [9.17, 15) is 0 Å². The van der Waals surface area contributed by atoms with Crippen molar-refractivity contribution in [3.8, 4) is 142 Å². The summed E-state index contributed by atoms with van der Waals surface area (Å²) in [6, 6.07) is 67.3. The molecule has 0 amide bonds. The highest BCUT2D eigenvalue weighted by Gasteiger charge is 2.19. The van der Waals surface area contributed by atoms with E-state index in [1.165, 1.54) is 22.3 Å². The molecule has 0 aliphatic heterocycles. The van der Waals surface area contributed by atoms with Crippen molar-refractivity contribution in [3.05, 3.63) is 350 Å². The van der Waals surface area contributed by atoms with Crippen molar-refractivity contribution in [2.24, 2.45) is 0 Å². The van der Waals surface area contributed by atoms with Crippen LogP contribution in [0.2, 0.25) is 0 Å². The van der Waals surface area contributed by atoms with Gasteiger partial charge in [-0.05, 0) is 261 Å². The SMILES string of the molecule is CC(C)(C)c1ccc(C#Cc2ccc3c(c2)C#CC#Cc2cc(C#Cc4ccc(C(C)(C)C)cc4)ccc2C#Cc2cc4c5cc2CCc2cc(c(cc2C#Cc2ccc(C#Cc6ccc(C(C)(C)C)cc6)cc2C#CC#Cc2cc(C#Cc6ccc(C(C)(C)C)cc6)ccc2C#C5)CC4)C#C3)cc1. The van der Waals surface area contributed by atoms with Gasteiger partial charge in [-0.15, -0.1) is 0 Å². The summed E-state index contributed by atoms with van der Waals surface area (Å²) in [5.41, 5.74) is 26.0. The Bertz CT molecular complexity index is 5250. The van der Waals surface area contributed by atoms with Gasteiger partial charge in [0.1, 0.15) is 0 Å². The molecular formula is C104H76. The average molecular weight is 1330 g/mol. The average Bonchev–Trinajstić information content (AvgIpc) is 0.973. The molecule has 8 aliphatic rings. The minimum Gasteiger partial charge on any atom is -0.0617 e. The van der Waals surface area contributed by atoms with E-state index in [2.05, 4.69) is 347 Å². The highest BCUT2D eigenvalue weighted by molar-refractivity contribution is 5.67. The van der Waals surface area contributed by atoms with Crippen molar-refractivity contribution in [2.45, 2.75) is 130 Å². The molecule has 8 aliphatic carbocycles. The van der Waals surface area contributed by atoms with Crippen molar-refractivity contribution < 1.29 is 0 Å². The van der Waals surface area contributed by atoms with Gasteiger partial charge in [-0.2, -0.15) is 0 Å². The molecule has 0 heteroatoms. The fourth-order valence-corrected chi connectivity index (χ4v) is 12.3. The van der Waals surface area contributed by atoms with Crippen LogP contribution in [0.1, 0.15) is 239 Å². The number of fused-ring (bicyclic) bond motifs is 2. The third kappa shape index (κ3) is 17.4. The van der Waals surface area contributed by atoms with Gasteiger partial charge in [-0.25, -0.2) is 0 Å². The fraction of sp³-hybridized carbons (Fsp3) is 0.192. The number of hydrogen-bond acceptors (Lipinski definition) is 0. The van der Waals surface area contributed by atoms with Gasteiger partial charge in [-0.3, -0.25) is 0 Å². The second-order valence-corrected chi connectivity index (χ2v) is 30.7. The maximum absolute atomic E-state index is 3.70. The molecular weight excluding hydrogens is 1250 g/mol. The van der Waals surface area contributed by atoms with Gasteiger partial charge in [0.05, 0.1) is 0 Å². The fourth-order valence-electron chi connectivity index (χ4n) is 12.3. The van der Waals surface area contributed by atoms with Gasteiger partial charge >= 0.3 is 0 Å². The lowest BCUT2D eigenvalue weighted by Gasteiger charge is -2.18. The zero-order valence-corrected chi connectivity index (χ0v) is 61.3. The third-order valence-electron chi connectivity index (χ3n) is 18.7. The molecule has 0 saturated heterocycles. The molecule has 0 aromatic heterocycles. The molecule has 0 saturated carbocycles. The van der Waals surface area contributed by atoms with E-state index in [0.29, 0.717) is 25.7 Å². The van der Waals surface area contributed by atoms with Gasteiger partial charge in [0.15, 0.2) is 0 Å². The smallest absolute Gasteiger partial charge is 0.0424 e. The highest BCUT2D eigenvalue weighted by Crippen LogP contribution is 2.30. The lowest BCUT2D eigenvalue weighted by atomic mass is 9.86.